The summed E-state index contributed by atoms with van der Waals surface area (Å²) in [4.78, 5) is 10.2. The molecular formula is C21H27IN4O2S2. The van der Waals surface area contributed by atoms with Crippen LogP contribution in [-0.4, -0.2) is 36.2 Å². The number of rotatable bonds is 8. The maximum Gasteiger partial charge on any atom is 0.191 e. The second-order valence-electron chi connectivity index (χ2n) is 6.67. The molecule has 0 spiro atoms. The molecule has 3 N–H and O–H groups in total. The van der Waals surface area contributed by atoms with E-state index in [0.29, 0.717) is 19.0 Å². The summed E-state index contributed by atoms with van der Waals surface area (Å²) >= 11 is 3.14. The highest BCUT2D eigenvalue weighted by Crippen LogP contribution is 2.26. The fourth-order valence-electron chi connectivity index (χ4n) is 2.68. The van der Waals surface area contributed by atoms with Crippen molar-refractivity contribution >= 4 is 52.6 Å². The molecule has 1 unspecified atom stereocenters. The highest BCUT2D eigenvalue weighted by Gasteiger charge is 2.24. The van der Waals surface area contributed by atoms with E-state index in [2.05, 4.69) is 20.6 Å². The third kappa shape index (κ3) is 6.66. The molecule has 6 nitrogen and oxygen atoms in total. The van der Waals surface area contributed by atoms with E-state index in [-0.39, 0.29) is 24.0 Å². The first-order valence-corrected chi connectivity index (χ1v) is 11.1. The Kier molecular flexibility index (Phi) is 9.53. The molecule has 3 aromatic rings. The molecule has 2 aromatic heterocycles. The summed E-state index contributed by atoms with van der Waals surface area (Å²) in [5, 5.41) is 22.1. The summed E-state index contributed by atoms with van der Waals surface area (Å²) in [6.45, 7) is 5.38. The number of ether oxygens (including phenoxy) is 1. The summed E-state index contributed by atoms with van der Waals surface area (Å²) in [5.41, 5.74) is 1.01. The van der Waals surface area contributed by atoms with Crippen molar-refractivity contribution < 1.29 is 9.84 Å². The summed E-state index contributed by atoms with van der Waals surface area (Å²) < 4.78 is 5.20. The van der Waals surface area contributed by atoms with Crippen LogP contribution >= 0.6 is 46.7 Å². The molecule has 0 radical (unpaired) electrons. The number of nitrogens with zero attached hydrogens (tertiary/aromatic N) is 2. The topological polar surface area (TPSA) is 78.8 Å². The highest BCUT2D eigenvalue weighted by molar-refractivity contribution is 14.0. The number of aliphatic imine (C=N–C) groups is 1. The molecule has 0 aliphatic rings. The van der Waals surface area contributed by atoms with Gasteiger partial charge in [0.15, 0.2) is 5.96 Å². The average Bonchev–Trinajstić information content (AvgIpc) is 3.43. The van der Waals surface area contributed by atoms with Crippen LogP contribution in [0.4, 0.5) is 0 Å². The van der Waals surface area contributed by atoms with E-state index in [0.717, 1.165) is 33.4 Å². The number of hydrogen-bond donors (Lipinski definition) is 3. The Balaban J connectivity index is 0.00000320. The molecule has 3 rings (SSSR count). The van der Waals surface area contributed by atoms with Gasteiger partial charge in [0.2, 0.25) is 0 Å². The lowest BCUT2D eigenvalue weighted by Gasteiger charge is -2.23. The zero-order valence-electron chi connectivity index (χ0n) is 17.2. The Morgan fingerprint density at radius 1 is 1.20 bits per heavy atom. The number of halogens is 1. The van der Waals surface area contributed by atoms with Crippen LogP contribution < -0.4 is 15.4 Å². The lowest BCUT2D eigenvalue weighted by Crippen LogP contribution is -2.44. The fraction of sp³-hybridized carbons (Fsp3) is 0.333. The van der Waals surface area contributed by atoms with Crippen LogP contribution in [0.2, 0.25) is 0 Å². The third-order valence-electron chi connectivity index (χ3n) is 4.28. The van der Waals surface area contributed by atoms with Crippen LogP contribution in [0.5, 0.6) is 5.75 Å². The molecule has 1 aromatic carbocycles. The molecule has 0 aliphatic heterocycles. The van der Waals surface area contributed by atoms with Crippen molar-refractivity contribution in [1.82, 2.24) is 15.6 Å². The molecule has 0 saturated carbocycles. The molecule has 162 valence electrons. The van der Waals surface area contributed by atoms with E-state index < -0.39 is 5.60 Å². The quantitative estimate of drug-likeness (QED) is 0.216. The molecular weight excluding hydrogens is 531 g/mol. The van der Waals surface area contributed by atoms with Gasteiger partial charge in [-0.1, -0.05) is 6.07 Å². The molecule has 0 fully saturated rings. The predicted octanol–water partition coefficient (Wildman–Crippen LogP) is 4.46. The van der Waals surface area contributed by atoms with Gasteiger partial charge in [-0.3, -0.25) is 0 Å². The SMILES string of the molecule is CCNC(=NCc1csc(-c2ccc(OC)cc2)n1)NCC(C)(O)c1cccs1.I. The molecule has 30 heavy (non-hydrogen) atoms. The van der Waals surface area contributed by atoms with Crippen LogP contribution in [0.3, 0.4) is 0 Å². The van der Waals surface area contributed by atoms with E-state index in [1.807, 2.05) is 54.1 Å². The Morgan fingerprint density at radius 3 is 2.60 bits per heavy atom. The summed E-state index contributed by atoms with van der Waals surface area (Å²) in [6, 6.07) is 11.7. The number of aromatic nitrogens is 1. The Hall–Kier alpha value is -1.69. The number of nitrogens with one attached hydrogen (secondary N) is 2. The average molecular weight is 559 g/mol. The van der Waals surface area contributed by atoms with Gasteiger partial charge in [-0.05, 0) is 49.6 Å². The van der Waals surface area contributed by atoms with Crippen LogP contribution in [0.15, 0.2) is 52.2 Å². The second kappa shape index (κ2) is 11.6. The van der Waals surface area contributed by atoms with Gasteiger partial charge in [-0.15, -0.1) is 46.7 Å². The highest BCUT2D eigenvalue weighted by atomic mass is 127. The fourth-order valence-corrected chi connectivity index (χ4v) is 4.28. The van der Waals surface area contributed by atoms with Crippen molar-refractivity contribution in [2.24, 2.45) is 4.99 Å². The van der Waals surface area contributed by atoms with E-state index >= 15 is 0 Å². The van der Waals surface area contributed by atoms with Crippen LogP contribution in [0.1, 0.15) is 24.4 Å². The van der Waals surface area contributed by atoms with Gasteiger partial charge in [0.1, 0.15) is 16.4 Å². The van der Waals surface area contributed by atoms with Crippen LogP contribution in [-0.2, 0) is 12.1 Å². The number of thiophene rings is 1. The molecule has 2 heterocycles. The Bertz CT molecular complexity index is 925. The predicted molar refractivity (Wildman–Crippen MR) is 136 cm³/mol. The van der Waals surface area contributed by atoms with Crippen molar-refractivity contribution in [3.05, 3.63) is 57.7 Å². The largest absolute Gasteiger partial charge is 0.497 e. The second-order valence-corrected chi connectivity index (χ2v) is 8.48. The first-order valence-electron chi connectivity index (χ1n) is 9.39. The monoisotopic (exact) mass is 558 g/mol. The first-order chi connectivity index (χ1) is 14.0. The number of aliphatic hydroxyl groups is 1. The van der Waals surface area contributed by atoms with Gasteiger partial charge in [-0.2, -0.15) is 0 Å². The number of benzene rings is 1. The van der Waals surface area contributed by atoms with Gasteiger partial charge in [-0.25, -0.2) is 9.98 Å². The van der Waals surface area contributed by atoms with Crippen molar-refractivity contribution in [3.8, 4) is 16.3 Å². The van der Waals surface area contributed by atoms with Gasteiger partial charge in [0.05, 0.1) is 25.9 Å². The summed E-state index contributed by atoms with van der Waals surface area (Å²) in [6.07, 6.45) is 0. The number of methoxy groups -OCH3 is 1. The zero-order valence-corrected chi connectivity index (χ0v) is 21.2. The number of hydrogen-bond acceptors (Lipinski definition) is 6. The van der Waals surface area contributed by atoms with Crippen molar-refractivity contribution in [3.63, 3.8) is 0 Å². The van der Waals surface area contributed by atoms with Crippen LogP contribution in [0.25, 0.3) is 10.6 Å². The van der Waals surface area contributed by atoms with Crippen molar-refractivity contribution in [1.29, 1.82) is 0 Å². The maximum atomic E-state index is 10.7. The smallest absolute Gasteiger partial charge is 0.191 e. The molecule has 0 bridgehead atoms. The van der Waals surface area contributed by atoms with Crippen molar-refractivity contribution in [2.75, 3.05) is 20.2 Å². The third-order valence-corrected chi connectivity index (χ3v) is 6.35. The molecule has 0 saturated heterocycles. The van der Waals surface area contributed by atoms with Gasteiger partial charge < -0.3 is 20.5 Å². The van der Waals surface area contributed by atoms with Gasteiger partial charge in [0, 0.05) is 22.4 Å². The van der Waals surface area contributed by atoms with Crippen molar-refractivity contribution in [2.45, 2.75) is 26.0 Å². The molecule has 1 atom stereocenters. The standard InChI is InChI=1S/C21H26N4O2S2.HI/c1-4-22-20(24-14-21(2,26)18-6-5-11-28-18)23-12-16-13-29-19(25-16)15-7-9-17(27-3)10-8-15;/h5-11,13,26H,4,12,14H2,1-3H3,(H2,22,23,24);1H. The van der Waals surface area contributed by atoms with E-state index in [9.17, 15) is 5.11 Å². The first kappa shape index (κ1) is 24.6. The molecule has 0 amide bonds. The Labute approximate surface area is 202 Å². The van der Waals surface area contributed by atoms with E-state index in [4.69, 9.17) is 4.74 Å². The van der Waals surface area contributed by atoms with Crippen LogP contribution in [0, 0.1) is 0 Å². The summed E-state index contributed by atoms with van der Waals surface area (Å²) in [5.74, 6) is 1.48. The zero-order chi connectivity index (χ0) is 20.7. The molecule has 0 aliphatic carbocycles. The minimum atomic E-state index is -0.952. The van der Waals surface area contributed by atoms with E-state index in [1.54, 1.807) is 36.7 Å². The molecule has 9 heteroatoms. The minimum Gasteiger partial charge on any atom is -0.497 e. The van der Waals surface area contributed by atoms with Gasteiger partial charge in [0.25, 0.3) is 0 Å². The number of thiazole rings is 1. The van der Waals surface area contributed by atoms with Gasteiger partial charge >= 0.3 is 0 Å². The lowest BCUT2D eigenvalue weighted by atomic mass is 10.1. The number of guanidine groups is 1. The minimum absolute atomic E-state index is 0. The maximum absolute atomic E-state index is 10.7. The van der Waals surface area contributed by atoms with E-state index in [1.165, 1.54) is 0 Å². The lowest BCUT2D eigenvalue weighted by molar-refractivity contribution is 0.0655. The Morgan fingerprint density at radius 2 is 1.97 bits per heavy atom. The normalized spacial score (nSPS) is 13.3. The summed E-state index contributed by atoms with van der Waals surface area (Å²) in [7, 11) is 1.66.